The molecule has 60 valence electrons. The van der Waals surface area contributed by atoms with Crippen molar-refractivity contribution in [1.29, 1.82) is 0 Å². The molecule has 2 heterocycles. The second-order valence-corrected chi connectivity index (χ2v) is 2.20. The second-order valence-electron chi connectivity index (χ2n) is 2.20. The molecule has 0 atom stereocenters. The highest BCUT2D eigenvalue weighted by molar-refractivity contribution is 6.70. The van der Waals surface area contributed by atoms with Crippen LogP contribution >= 0.6 is 0 Å². The van der Waals surface area contributed by atoms with E-state index >= 15 is 0 Å². The fourth-order valence-corrected chi connectivity index (χ4v) is 0.927. The van der Waals surface area contributed by atoms with Crippen LogP contribution in [0.3, 0.4) is 0 Å². The van der Waals surface area contributed by atoms with E-state index in [1.165, 1.54) is 6.21 Å². The molecule has 2 rings (SSSR count). The highest BCUT2D eigenvalue weighted by Gasteiger charge is 2.26. The van der Waals surface area contributed by atoms with E-state index < -0.39 is 11.9 Å². The molecule has 6 heteroatoms. The van der Waals surface area contributed by atoms with Gasteiger partial charge in [-0.25, -0.2) is 9.79 Å². The molecule has 0 aromatic heterocycles. The summed E-state index contributed by atoms with van der Waals surface area (Å²) in [5, 5.41) is 2.01. The van der Waals surface area contributed by atoms with Crippen molar-refractivity contribution >= 4 is 29.7 Å². The van der Waals surface area contributed by atoms with Crippen molar-refractivity contribution in [1.82, 2.24) is 5.32 Å². The van der Waals surface area contributed by atoms with Gasteiger partial charge in [0.15, 0.2) is 11.5 Å². The van der Waals surface area contributed by atoms with Crippen LogP contribution in [0.4, 0.5) is 4.79 Å². The Morgan fingerprint density at radius 2 is 2.25 bits per heavy atom. The van der Waals surface area contributed by atoms with Crippen LogP contribution in [0.2, 0.25) is 0 Å². The average Bonchev–Trinajstić information content (AvgIpc) is 2.04. The Morgan fingerprint density at radius 1 is 1.42 bits per heavy atom. The molecule has 0 radical (unpaired) electrons. The average molecular weight is 164 g/mol. The lowest BCUT2D eigenvalue weighted by molar-refractivity contribution is -0.113. The van der Waals surface area contributed by atoms with E-state index in [1.807, 2.05) is 5.32 Å². The van der Waals surface area contributed by atoms with Crippen LogP contribution in [-0.2, 0) is 4.79 Å². The van der Waals surface area contributed by atoms with Crippen molar-refractivity contribution in [2.24, 2.45) is 15.0 Å². The number of rotatable bonds is 0. The van der Waals surface area contributed by atoms with Gasteiger partial charge in [0.25, 0.3) is 5.91 Å². The number of nitrogens with zero attached hydrogens (tertiary/aromatic N) is 3. The molecule has 0 spiro atoms. The molecule has 1 N–H and O–H groups in total. The van der Waals surface area contributed by atoms with Gasteiger partial charge in [-0.05, 0) is 0 Å². The molecule has 0 aromatic carbocycles. The van der Waals surface area contributed by atoms with E-state index in [2.05, 4.69) is 15.0 Å². The lowest BCUT2D eigenvalue weighted by Crippen LogP contribution is -2.44. The van der Waals surface area contributed by atoms with Gasteiger partial charge in [-0.1, -0.05) is 0 Å². The monoisotopic (exact) mass is 164 g/mol. The number of aliphatic imine (C=N–C) groups is 3. The Labute approximate surface area is 67.1 Å². The lowest BCUT2D eigenvalue weighted by atomic mass is 10.2. The van der Waals surface area contributed by atoms with Crippen LogP contribution < -0.4 is 5.32 Å². The molecule has 2 aliphatic rings. The number of fused-ring (bicyclic) bond motifs is 1. The maximum absolute atomic E-state index is 11.0. The molecule has 0 saturated heterocycles. The zero-order chi connectivity index (χ0) is 8.55. The molecular weight excluding hydrogens is 160 g/mol. The standard InChI is InChI=1S/C6H4N4O2/c11-5-3-4(8-2-1-7-3)9-6(12)10-5/h2H,1H2,(H,10,11,12). The van der Waals surface area contributed by atoms with Gasteiger partial charge in [-0.3, -0.25) is 15.1 Å². The van der Waals surface area contributed by atoms with Gasteiger partial charge in [0.2, 0.25) is 0 Å². The summed E-state index contributed by atoms with van der Waals surface area (Å²) in [6, 6.07) is -0.687. The molecule has 12 heavy (non-hydrogen) atoms. The van der Waals surface area contributed by atoms with Crippen LogP contribution in [0.15, 0.2) is 15.0 Å². The van der Waals surface area contributed by atoms with Gasteiger partial charge in [0.05, 0.1) is 6.54 Å². The van der Waals surface area contributed by atoms with Crippen molar-refractivity contribution in [3.63, 3.8) is 0 Å². The quantitative estimate of drug-likeness (QED) is 0.506. The summed E-state index contributed by atoms with van der Waals surface area (Å²) in [4.78, 5) is 32.8. The topological polar surface area (TPSA) is 83.2 Å². The maximum atomic E-state index is 11.0. The normalized spacial score (nSPS) is 21.0. The van der Waals surface area contributed by atoms with Gasteiger partial charge in [0, 0.05) is 6.21 Å². The van der Waals surface area contributed by atoms with Gasteiger partial charge in [0.1, 0.15) is 0 Å². The number of hydrogen-bond donors (Lipinski definition) is 1. The number of hydrogen-bond acceptors (Lipinski definition) is 4. The minimum Gasteiger partial charge on any atom is -0.271 e. The first-order valence-corrected chi connectivity index (χ1v) is 3.29. The first-order chi connectivity index (χ1) is 5.77. The molecule has 3 amide bonds. The number of amides is 3. The zero-order valence-corrected chi connectivity index (χ0v) is 5.94. The molecule has 2 aliphatic heterocycles. The predicted molar refractivity (Wildman–Crippen MR) is 41.8 cm³/mol. The third-order valence-electron chi connectivity index (χ3n) is 1.40. The first kappa shape index (κ1) is 6.84. The number of urea groups is 1. The van der Waals surface area contributed by atoms with Crippen molar-refractivity contribution in [2.75, 3.05) is 6.54 Å². The van der Waals surface area contributed by atoms with Gasteiger partial charge < -0.3 is 0 Å². The number of carbonyl (C=O) groups is 2. The van der Waals surface area contributed by atoms with Crippen LogP contribution in [0.5, 0.6) is 0 Å². The van der Waals surface area contributed by atoms with Gasteiger partial charge >= 0.3 is 6.03 Å². The lowest BCUT2D eigenvalue weighted by Gasteiger charge is -2.12. The summed E-state index contributed by atoms with van der Waals surface area (Å²) in [5.74, 6) is -0.420. The van der Waals surface area contributed by atoms with E-state index in [9.17, 15) is 9.59 Å². The summed E-state index contributed by atoms with van der Waals surface area (Å²) in [5.41, 5.74) is 0.136. The van der Waals surface area contributed by atoms with Crippen LogP contribution in [0, 0.1) is 0 Å². The van der Waals surface area contributed by atoms with Crippen molar-refractivity contribution < 1.29 is 9.59 Å². The Bertz CT molecular complexity index is 353. The molecule has 6 nitrogen and oxygen atoms in total. The zero-order valence-electron chi connectivity index (χ0n) is 5.94. The van der Waals surface area contributed by atoms with E-state index in [-0.39, 0.29) is 11.5 Å². The summed E-state index contributed by atoms with van der Waals surface area (Å²) in [6.45, 7) is 0.357. The minimum absolute atomic E-state index is 0.106. The summed E-state index contributed by atoms with van der Waals surface area (Å²) < 4.78 is 0. The highest BCUT2D eigenvalue weighted by Crippen LogP contribution is 1.99. The van der Waals surface area contributed by atoms with E-state index in [4.69, 9.17) is 0 Å². The van der Waals surface area contributed by atoms with Crippen molar-refractivity contribution in [2.45, 2.75) is 0 Å². The Hall–Kier alpha value is -1.85. The molecule has 0 fully saturated rings. The largest absolute Gasteiger partial charge is 0.350 e. The summed E-state index contributed by atoms with van der Waals surface area (Å²) in [7, 11) is 0. The molecule has 0 aromatic rings. The van der Waals surface area contributed by atoms with Crippen LogP contribution in [-0.4, -0.2) is 36.2 Å². The fraction of sp³-hybridized carbons (Fsp3) is 0.167. The minimum atomic E-state index is -0.687. The third-order valence-corrected chi connectivity index (χ3v) is 1.40. The molecule has 0 unspecified atom stereocenters. The highest BCUT2D eigenvalue weighted by atomic mass is 16.2. The maximum Gasteiger partial charge on any atom is 0.350 e. The molecular formula is C6H4N4O2. The van der Waals surface area contributed by atoms with Crippen LogP contribution in [0.25, 0.3) is 0 Å². The smallest absolute Gasteiger partial charge is 0.271 e. The SMILES string of the molecule is O=C1N=C2N=CCN=C2C(=O)N1. The molecule has 0 bridgehead atoms. The number of amidine groups is 1. The van der Waals surface area contributed by atoms with Crippen LogP contribution in [0.1, 0.15) is 0 Å². The third kappa shape index (κ3) is 0.931. The summed E-state index contributed by atoms with van der Waals surface area (Å²) >= 11 is 0. The van der Waals surface area contributed by atoms with E-state index in [0.717, 1.165) is 0 Å². The van der Waals surface area contributed by atoms with Gasteiger partial charge in [-0.15, -0.1) is 0 Å². The summed E-state index contributed by atoms with van der Waals surface area (Å²) in [6.07, 6.45) is 1.49. The number of carbonyl (C=O) groups excluding carboxylic acids is 2. The second kappa shape index (κ2) is 2.33. The Balaban J connectivity index is 2.49. The van der Waals surface area contributed by atoms with E-state index in [1.54, 1.807) is 0 Å². The number of imide groups is 1. The van der Waals surface area contributed by atoms with E-state index in [0.29, 0.717) is 6.54 Å². The Kier molecular flexibility index (Phi) is 1.33. The molecule has 0 aliphatic carbocycles. The molecule has 0 saturated carbocycles. The predicted octanol–water partition coefficient (Wildman–Crippen LogP) is -0.840. The van der Waals surface area contributed by atoms with Crippen molar-refractivity contribution in [3.8, 4) is 0 Å². The number of nitrogens with one attached hydrogen (secondary N) is 1. The van der Waals surface area contributed by atoms with Crippen molar-refractivity contribution in [3.05, 3.63) is 0 Å². The fourth-order valence-electron chi connectivity index (χ4n) is 0.927. The Morgan fingerprint density at radius 3 is 3.08 bits per heavy atom. The van der Waals surface area contributed by atoms with Gasteiger partial charge in [-0.2, -0.15) is 4.99 Å². The first-order valence-electron chi connectivity index (χ1n) is 3.29.